The van der Waals surface area contributed by atoms with Gasteiger partial charge in [0.1, 0.15) is 17.5 Å². The van der Waals surface area contributed by atoms with E-state index in [1.165, 1.54) is 0 Å². The highest BCUT2D eigenvalue weighted by molar-refractivity contribution is 6.08. The molecule has 16 heavy (non-hydrogen) atoms. The van der Waals surface area contributed by atoms with Gasteiger partial charge in [0.2, 0.25) is 0 Å². The first-order chi connectivity index (χ1) is 7.57. The number of Topliss-reactive ketones (excluding diaryl/α,β-unsaturated/α-hetero) is 2. The van der Waals surface area contributed by atoms with E-state index in [9.17, 15) is 9.59 Å². The second-order valence-electron chi connectivity index (χ2n) is 4.22. The summed E-state index contributed by atoms with van der Waals surface area (Å²) in [5.74, 6) is -0.671. The molecule has 0 amide bonds. The number of rotatable bonds is 5. The Morgan fingerprint density at radius 3 is 2.12 bits per heavy atom. The van der Waals surface area contributed by atoms with E-state index in [-0.39, 0.29) is 17.5 Å². The maximum atomic E-state index is 12.0. The fraction of sp³-hybridized carbons (Fsp3) is 0.429. The van der Waals surface area contributed by atoms with Crippen molar-refractivity contribution >= 4 is 11.6 Å². The predicted molar refractivity (Wildman–Crippen MR) is 64.3 cm³/mol. The van der Waals surface area contributed by atoms with E-state index < -0.39 is 5.92 Å². The highest BCUT2D eigenvalue weighted by Crippen LogP contribution is 2.22. The molecular weight excluding hydrogens is 200 g/mol. The molecule has 0 aliphatic heterocycles. The van der Waals surface area contributed by atoms with E-state index in [0.717, 1.165) is 5.56 Å². The zero-order valence-electron chi connectivity index (χ0n) is 10.1. The zero-order chi connectivity index (χ0) is 12.1. The molecule has 0 aliphatic rings. The molecule has 0 heterocycles. The third kappa shape index (κ3) is 2.78. The molecule has 0 aliphatic carbocycles. The molecule has 0 N–H and O–H groups in total. The Balaban J connectivity index is 3.07. The van der Waals surface area contributed by atoms with E-state index in [1.54, 1.807) is 6.92 Å². The Morgan fingerprint density at radius 2 is 1.69 bits per heavy atom. The normalized spacial score (nSPS) is 12.5. The van der Waals surface area contributed by atoms with E-state index in [1.807, 2.05) is 44.2 Å². The molecule has 0 fully saturated rings. The smallest absolute Gasteiger partial charge is 0.150 e. The number of carbonyl (C=O) groups is 2. The molecule has 1 aromatic rings. The molecule has 0 saturated carbocycles. The number of benzene rings is 1. The summed E-state index contributed by atoms with van der Waals surface area (Å²) < 4.78 is 0. The van der Waals surface area contributed by atoms with E-state index in [4.69, 9.17) is 0 Å². The van der Waals surface area contributed by atoms with Crippen LogP contribution in [-0.4, -0.2) is 11.6 Å². The molecule has 0 spiro atoms. The Kier molecular flexibility index (Phi) is 4.41. The van der Waals surface area contributed by atoms with E-state index in [0.29, 0.717) is 6.42 Å². The summed E-state index contributed by atoms with van der Waals surface area (Å²) in [5.41, 5.74) is 0.813. The van der Waals surface area contributed by atoms with Crippen molar-refractivity contribution in [2.45, 2.75) is 33.1 Å². The molecule has 2 nitrogen and oxygen atoms in total. The monoisotopic (exact) mass is 218 g/mol. The minimum absolute atomic E-state index is 0.00454. The van der Waals surface area contributed by atoms with Gasteiger partial charge in [-0.15, -0.1) is 0 Å². The summed E-state index contributed by atoms with van der Waals surface area (Å²) in [6.07, 6.45) is 0.401. The standard InChI is InChI=1S/C14H18O2/c1-4-12(15)13(14(16)10(2)3)11-8-6-5-7-9-11/h5-10,13H,4H2,1-3H3. The third-order valence-corrected chi connectivity index (χ3v) is 2.66. The summed E-state index contributed by atoms with van der Waals surface area (Å²) in [6, 6.07) is 9.30. The summed E-state index contributed by atoms with van der Waals surface area (Å²) in [5, 5.41) is 0. The first kappa shape index (κ1) is 12.6. The Bertz CT molecular complexity index is 366. The maximum Gasteiger partial charge on any atom is 0.150 e. The molecule has 1 atom stereocenters. The Labute approximate surface area is 96.7 Å². The van der Waals surface area contributed by atoms with Gasteiger partial charge in [0.15, 0.2) is 0 Å². The number of ketones is 2. The molecule has 0 aromatic heterocycles. The van der Waals surface area contributed by atoms with Gasteiger partial charge in [0.25, 0.3) is 0 Å². The minimum atomic E-state index is -0.578. The molecule has 86 valence electrons. The zero-order valence-corrected chi connectivity index (χ0v) is 10.1. The van der Waals surface area contributed by atoms with Crippen molar-refractivity contribution in [1.29, 1.82) is 0 Å². The van der Waals surface area contributed by atoms with Gasteiger partial charge >= 0.3 is 0 Å². The van der Waals surface area contributed by atoms with Gasteiger partial charge in [-0.1, -0.05) is 51.1 Å². The van der Waals surface area contributed by atoms with Crippen molar-refractivity contribution in [3.63, 3.8) is 0 Å². The second-order valence-corrected chi connectivity index (χ2v) is 4.22. The molecule has 1 unspecified atom stereocenters. The van der Waals surface area contributed by atoms with Crippen LogP contribution in [0.15, 0.2) is 30.3 Å². The van der Waals surface area contributed by atoms with Crippen molar-refractivity contribution in [3.8, 4) is 0 Å². The van der Waals surface area contributed by atoms with Crippen molar-refractivity contribution in [1.82, 2.24) is 0 Å². The van der Waals surface area contributed by atoms with Crippen LogP contribution in [0, 0.1) is 5.92 Å². The average Bonchev–Trinajstić information content (AvgIpc) is 2.30. The van der Waals surface area contributed by atoms with Crippen LogP contribution in [-0.2, 0) is 9.59 Å². The highest BCUT2D eigenvalue weighted by atomic mass is 16.2. The maximum absolute atomic E-state index is 12.0. The van der Waals surface area contributed by atoms with Gasteiger partial charge in [-0.25, -0.2) is 0 Å². The lowest BCUT2D eigenvalue weighted by molar-refractivity contribution is -0.130. The van der Waals surface area contributed by atoms with Crippen molar-refractivity contribution in [3.05, 3.63) is 35.9 Å². The van der Waals surface area contributed by atoms with Crippen molar-refractivity contribution in [2.75, 3.05) is 0 Å². The summed E-state index contributed by atoms with van der Waals surface area (Å²) >= 11 is 0. The van der Waals surface area contributed by atoms with Crippen LogP contribution < -0.4 is 0 Å². The van der Waals surface area contributed by atoms with Crippen LogP contribution in [0.5, 0.6) is 0 Å². The molecule has 1 aromatic carbocycles. The first-order valence-corrected chi connectivity index (χ1v) is 5.69. The van der Waals surface area contributed by atoms with Gasteiger partial charge in [0, 0.05) is 12.3 Å². The largest absolute Gasteiger partial charge is 0.299 e. The molecular formula is C14H18O2. The van der Waals surface area contributed by atoms with Gasteiger partial charge in [-0.3, -0.25) is 9.59 Å². The molecule has 0 bridgehead atoms. The minimum Gasteiger partial charge on any atom is -0.299 e. The fourth-order valence-corrected chi connectivity index (χ4v) is 1.69. The average molecular weight is 218 g/mol. The number of hydrogen-bond donors (Lipinski definition) is 0. The number of hydrogen-bond acceptors (Lipinski definition) is 2. The lowest BCUT2D eigenvalue weighted by atomic mass is 9.85. The topological polar surface area (TPSA) is 34.1 Å². The quantitative estimate of drug-likeness (QED) is 0.712. The van der Waals surface area contributed by atoms with Crippen LogP contribution in [0.3, 0.4) is 0 Å². The SMILES string of the molecule is CCC(=O)C(C(=O)C(C)C)c1ccccc1. The lowest BCUT2D eigenvalue weighted by Gasteiger charge is -2.16. The summed E-state index contributed by atoms with van der Waals surface area (Å²) in [4.78, 5) is 23.9. The van der Waals surface area contributed by atoms with E-state index in [2.05, 4.69) is 0 Å². The lowest BCUT2D eigenvalue weighted by Crippen LogP contribution is -2.25. The van der Waals surface area contributed by atoms with Gasteiger partial charge < -0.3 is 0 Å². The molecule has 0 saturated heterocycles. The number of carbonyl (C=O) groups excluding carboxylic acids is 2. The highest BCUT2D eigenvalue weighted by Gasteiger charge is 2.28. The third-order valence-electron chi connectivity index (χ3n) is 2.66. The molecule has 2 heteroatoms. The first-order valence-electron chi connectivity index (χ1n) is 5.69. The van der Waals surface area contributed by atoms with Gasteiger partial charge in [-0.2, -0.15) is 0 Å². The van der Waals surface area contributed by atoms with Crippen LogP contribution >= 0.6 is 0 Å². The van der Waals surface area contributed by atoms with Gasteiger partial charge in [-0.05, 0) is 5.56 Å². The van der Waals surface area contributed by atoms with Gasteiger partial charge in [0.05, 0.1) is 0 Å². The van der Waals surface area contributed by atoms with Crippen LogP contribution in [0.1, 0.15) is 38.7 Å². The summed E-state index contributed by atoms with van der Waals surface area (Å²) in [7, 11) is 0. The van der Waals surface area contributed by atoms with Crippen LogP contribution in [0.2, 0.25) is 0 Å². The molecule has 1 rings (SSSR count). The van der Waals surface area contributed by atoms with Crippen molar-refractivity contribution in [2.24, 2.45) is 5.92 Å². The van der Waals surface area contributed by atoms with Crippen LogP contribution in [0.4, 0.5) is 0 Å². The Morgan fingerprint density at radius 1 is 1.12 bits per heavy atom. The summed E-state index contributed by atoms with van der Waals surface area (Å²) in [6.45, 7) is 5.47. The second kappa shape index (κ2) is 5.59. The Hall–Kier alpha value is -1.44. The predicted octanol–water partition coefficient (Wildman–Crippen LogP) is 2.97. The van der Waals surface area contributed by atoms with Crippen molar-refractivity contribution < 1.29 is 9.59 Å². The van der Waals surface area contributed by atoms with E-state index >= 15 is 0 Å². The molecule has 0 radical (unpaired) electrons. The van der Waals surface area contributed by atoms with Crippen LogP contribution in [0.25, 0.3) is 0 Å². The fourth-order valence-electron chi connectivity index (χ4n) is 1.69.